The Morgan fingerprint density at radius 3 is 3.13 bits per heavy atom. The first-order chi connectivity index (χ1) is 7.22. The number of hydrogen-bond acceptors (Lipinski definition) is 3. The Kier molecular flexibility index (Phi) is 2.95. The van der Waals surface area contributed by atoms with Gasteiger partial charge in [0.25, 0.3) is 0 Å². The summed E-state index contributed by atoms with van der Waals surface area (Å²) in [4.78, 5) is 11.6. The number of halogens is 1. The monoisotopic (exact) mass is 269 g/mol. The zero-order chi connectivity index (χ0) is 10.8. The van der Waals surface area contributed by atoms with E-state index in [9.17, 15) is 4.79 Å². The van der Waals surface area contributed by atoms with E-state index in [4.69, 9.17) is 4.74 Å². The lowest BCUT2D eigenvalue weighted by atomic mass is 9.91. The van der Waals surface area contributed by atoms with Crippen molar-refractivity contribution in [2.75, 3.05) is 19.0 Å². The van der Waals surface area contributed by atoms with Gasteiger partial charge in [-0.15, -0.1) is 0 Å². The Hall–Kier alpha value is -1.03. The Morgan fingerprint density at radius 1 is 1.60 bits per heavy atom. The number of fused-ring (bicyclic) bond motifs is 1. The quantitative estimate of drug-likeness (QED) is 0.797. The van der Waals surface area contributed by atoms with Crippen LogP contribution in [0.4, 0.5) is 5.69 Å². The normalized spacial score (nSPS) is 18.9. The van der Waals surface area contributed by atoms with Crippen LogP contribution in [0.15, 0.2) is 22.7 Å². The summed E-state index contributed by atoms with van der Waals surface area (Å²) in [6.45, 7) is 0.814. The van der Waals surface area contributed by atoms with Crippen molar-refractivity contribution in [2.45, 2.75) is 12.3 Å². The topological polar surface area (TPSA) is 38.3 Å². The summed E-state index contributed by atoms with van der Waals surface area (Å²) in [5, 5.41) is 3.27. The molecule has 3 nitrogen and oxygen atoms in total. The fourth-order valence-electron chi connectivity index (χ4n) is 1.88. The van der Waals surface area contributed by atoms with Crippen LogP contribution in [0.3, 0.4) is 0 Å². The summed E-state index contributed by atoms with van der Waals surface area (Å²) in [6, 6.07) is 5.92. The number of hydrogen-bond donors (Lipinski definition) is 1. The van der Waals surface area contributed by atoms with Crippen molar-refractivity contribution in [3.63, 3.8) is 0 Å². The largest absolute Gasteiger partial charge is 0.469 e. The third kappa shape index (κ3) is 2.00. The Morgan fingerprint density at radius 2 is 2.40 bits per heavy atom. The van der Waals surface area contributed by atoms with Crippen molar-refractivity contribution in [2.24, 2.45) is 0 Å². The molecule has 0 saturated heterocycles. The molecular weight excluding hydrogens is 258 g/mol. The van der Waals surface area contributed by atoms with Crippen molar-refractivity contribution < 1.29 is 9.53 Å². The molecule has 0 unspecified atom stereocenters. The highest BCUT2D eigenvalue weighted by Crippen LogP contribution is 2.34. The van der Waals surface area contributed by atoms with Gasteiger partial charge >= 0.3 is 5.97 Å². The maximum absolute atomic E-state index is 11.6. The first-order valence-corrected chi connectivity index (χ1v) is 5.63. The molecule has 0 spiro atoms. The molecule has 0 radical (unpaired) electrons. The first-order valence-electron chi connectivity index (χ1n) is 4.83. The van der Waals surface area contributed by atoms with Crippen LogP contribution < -0.4 is 5.32 Å². The molecule has 4 heteroatoms. The SMILES string of the molecule is COC(=O)[C@H]1CCNc2ccc(Br)cc21. The zero-order valence-electron chi connectivity index (χ0n) is 8.42. The van der Waals surface area contributed by atoms with E-state index in [0.29, 0.717) is 0 Å². The smallest absolute Gasteiger partial charge is 0.313 e. The molecular formula is C11H12BrNO2. The van der Waals surface area contributed by atoms with Gasteiger partial charge < -0.3 is 10.1 Å². The molecule has 0 fully saturated rings. The second-order valence-corrected chi connectivity index (χ2v) is 4.44. The number of anilines is 1. The average Bonchev–Trinajstić information content (AvgIpc) is 2.27. The van der Waals surface area contributed by atoms with Gasteiger partial charge in [-0.05, 0) is 30.2 Å². The Bertz CT molecular complexity index is 392. The fraction of sp³-hybridized carbons (Fsp3) is 0.364. The van der Waals surface area contributed by atoms with Gasteiger partial charge in [0.15, 0.2) is 0 Å². The van der Waals surface area contributed by atoms with Crippen molar-refractivity contribution in [3.05, 3.63) is 28.2 Å². The lowest BCUT2D eigenvalue weighted by Gasteiger charge is -2.24. The highest BCUT2D eigenvalue weighted by atomic mass is 79.9. The van der Waals surface area contributed by atoms with Crippen LogP contribution in [0, 0.1) is 0 Å². The standard InChI is InChI=1S/C11H12BrNO2/c1-15-11(14)8-4-5-13-10-3-2-7(12)6-9(8)10/h2-3,6,8,13H,4-5H2,1H3/t8-/m0/s1. The molecule has 1 heterocycles. The number of carbonyl (C=O) groups excluding carboxylic acids is 1. The Labute approximate surface area is 96.9 Å². The summed E-state index contributed by atoms with van der Waals surface area (Å²) < 4.78 is 5.79. The molecule has 1 aliphatic rings. The molecule has 1 N–H and O–H groups in total. The lowest BCUT2D eigenvalue weighted by Crippen LogP contribution is -2.23. The molecule has 0 saturated carbocycles. The van der Waals surface area contributed by atoms with E-state index in [1.54, 1.807) is 0 Å². The van der Waals surface area contributed by atoms with Gasteiger partial charge in [0.2, 0.25) is 0 Å². The summed E-state index contributed by atoms with van der Waals surface area (Å²) in [5.74, 6) is -0.292. The van der Waals surface area contributed by atoms with Crippen molar-refractivity contribution >= 4 is 27.6 Å². The zero-order valence-corrected chi connectivity index (χ0v) is 10.0. The maximum atomic E-state index is 11.6. The predicted molar refractivity (Wildman–Crippen MR) is 62.0 cm³/mol. The van der Waals surface area contributed by atoms with E-state index in [2.05, 4.69) is 21.2 Å². The number of ether oxygens (including phenoxy) is 1. The number of nitrogens with one attached hydrogen (secondary N) is 1. The van der Waals surface area contributed by atoms with Crippen LogP contribution in [0.2, 0.25) is 0 Å². The van der Waals surface area contributed by atoms with E-state index in [1.165, 1.54) is 7.11 Å². The van der Waals surface area contributed by atoms with Crippen LogP contribution in [0.25, 0.3) is 0 Å². The minimum Gasteiger partial charge on any atom is -0.469 e. The minimum atomic E-state index is -0.157. The molecule has 15 heavy (non-hydrogen) atoms. The van der Waals surface area contributed by atoms with Crippen LogP contribution in [0.1, 0.15) is 17.9 Å². The molecule has 1 aromatic carbocycles. The number of benzene rings is 1. The molecule has 0 aliphatic carbocycles. The average molecular weight is 270 g/mol. The third-order valence-electron chi connectivity index (χ3n) is 2.62. The van der Waals surface area contributed by atoms with Gasteiger partial charge in [0.1, 0.15) is 0 Å². The molecule has 1 atom stereocenters. The van der Waals surface area contributed by atoms with E-state index in [-0.39, 0.29) is 11.9 Å². The molecule has 0 bridgehead atoms. The Balaban J connectivity index is 2.40. The van der Waals surface area contributed by atoms with Crippen molar-refractivity contribution in [1.82, 2.24) is 0 Å². The van der Waals surface area contributed by atoms with E-state index >= 15 is 0 Å². The second-order valence-electron chi connectivity index (χ2n) is 3.52. The highest BCUT2D eigenvalue weighted by molar-refractivity contribution is 9.10. The second kappa shape index (κ2) is 4.23. The summed E-state index contributed by atoms with van der Waals surface area (Å²) in [7, 11) is 1.43. The van der Waals surface area contributed by atoms with Crippen molar-refractivity contribution in [3.8, 4) is 0 Å². The van der Waals surface area contributed by atoms with Crippen LogP contribution >= 0.6 is 15.9 Å². The van der Waals surface area contributed by atoms with E-state index in [0.717, 1.165) is 28.7 Å². The number of rotatable bonds is 1. The first kappa shape index (κ1) is 10.5. The summed E-state index contributed by atoms with van der Waals surface area (Å²) in [6.07, 6.45) is 0.788. The van der Waals surface area contributed by atoms with Crippen LogP contribution in [-0.4, -0.2) is 19.6 Å². The minimum absolute atomic E-state index is 0.135. The molecule has 1 aliphatic heterocycles. The summed E-state index contributed by atoms with van der Waals surface area (Å²) >= 11 is 3.41. The van der Waals surface area contributed by atoms with Crippen LogP contribution in [0.5, 0.6) is 0 Å². The summed E-state index contributed by atoms with van der Waals surface area (Å²) in [5.41, 5.74) is 2.04. The highest BCUT2D eigenvalue weighted by Gasteiger charge is 2.27. The van der Waals surface area contributed by atoms with Gasteiger partial charge in [-0.25, -0.2) is 0 Å². The van der Waals surface area contributed by atoms with Gasteiger partial charge in [-0.3, -0.25) is 4.79 Å². The van der Waals surface area contributed by atoms with Crippen molar-refractivity contribution in [1.29, 1.82) is 0 Å². The lowest BCUT2D eigenvalue weighted by molar-refractivity contribution is -0.142. The van der Waals surface area contributed by atoms with Gasteiger partial charge in [0.05, 0.1) is 13.0 Å². The number of carbonyl (C=O) groups is 1. The number of methoxy groups -OCH3 is 1. The molecule has 80 valence electrons. The van der Waals surface area contributed by atoms with Gasteiger partial charge in [0, 0.05) is 16.7 Å². The maximum Gasteiger partial charge on any atom is 0.313 e. The number of esters is 1. The predicted octanol–water partition coefficient (Wildman–Crippen LogP) is 2.52. The molecule has 2 rings (SSSR count). The molecule has 0 amide bonds. The van der Waals surface area contributed by atoms with E-state index < -0.39 is 0 Å². The third-order valence-corrected chi connectivity index (χ3v) is 3.12. The van der Waals surface area contributed by atoms with Crippen LogP contribution in [-0.2, 0) is 9.53 Å². The molecule has 0 aromatic heterocycles. The van der Waals surface area contributed by atoms with Gasteiger partial charge in [-0.2, -0.15) is 0 Å². The van der Waals surface area contributed by atoms with Gasteiger partial charge in [-0.1, -0.05) is 15.9 Å². The van der Waals surface area contributed by atoms with E-state index in [1.807, 2.05) is 18.2 Å². The fourth-order valence-corrected chi connectivity index (χ4v) is 2.26. The molecule has 1 aromatic rings.